The van der Waals surface area contributed by atoms with E-state index in [1.807, 2.05) is 47.4 Å². The lowest BCUT2D eigenvalue weighted by molar-refractivity contribution is -0.136. The maximum absolute atomic E-state index is 13.4. The Morgan fingerprint density at radius 2 is 1.93 bits per heavy atom. The number of benzene rings is 2. The highest BCUT2D eigenvalue weighted by atomic mass is 79.9. The first kappa shape index (κ1) is 21.1. The average molecular weight is 491 g/mol. The van der Waals surface area contributed by atoms with Crippen LogP contribution < -0.4 is 14.4 Å². The number of halogens is 1. The van der Waals surface area contributed by atoms with Crippen molar-refractivity contribution in [2.45, 2.75) is 11.8 Å². The molecule has 158 valence electrons. The van der Waals surface area contributed by atoms with Gasteiger partial charge in [-0.3, -0.25) is 9.59 Å². The lowest BCUT2D eigenvalue weighted by Crippen LogP contribution is -2.37. The van der Waals surface area contributed by atoms with Crippen LogP contribution in [0.25, 0.3) is 0 Å². The van der Waals surface area contributed by atoms with Gasteiger partial charge >= 0.3 is 0 Å². The number of carbonyl (C=O) groups is 2. The maximum atomic E-state index is 13.4. The SMILES string of the molecule is COc1ccc(C2SCCN2C(=O)C2CC(=O)N(c3cccc(Br)c3)C2)cc1OC. The average Bonchev–Trinajstić information content (AvgIpc) is 3.39. The molecule has 2 atom stereocenters. The molecule has 2 unspecified atom stereocenters. The molecule has 0 N–H and O–H groups in total. The number of nitrogens with zero attached hydrogens (tertiary/aromatic N) is 2. The minimum Gasteiger partial charge on any atom is -0.493 e. The summed E-state index contributed by atoms with van der Waals surface area (Å²) in [7, 11) is 3.21. The van der Waals surface area contributed by atoms with Crippen molar-refractivity contribution in [2.75, 3.05) is 38.0 Å². The number of carbonyl (C=O) groups excluding carboxylic acids is 2. The third-order valence-electron chi connectivity index (χ3n) is 5.46. The van der Waals surface area contributed by atoms with Crippen LogP contribution in [0.1, 0.15) is 17.4 Å². The van der Waals surface area contributed by atoms with Crippen LogP contribution in [0, 0.1) is 5.92 Å². The van der Waals surface area contributed by atoms with Crippen LogP contribution in [-0.4, -0.2) is 49.8 Å². The van der Waals surface area contributed by atoms with E-state index in [0.717, 1.165) is 21.5 Å². The smallest absolute Gasteiger partial charge is 0.229 e. The molecule has 30 heavy (non-hydrogen) atoms. The fraction of sp³-hybridized carbons (Fsp3) is 0.364. The van der Waals surface area contributed by atoms with Crippen LogP contribution in [0.15, 0.2) is 46.9 Å². The van der Waals surface area contributed by atoms with Crippen LogP contribution in [-0.2, 0) is 9.59 Å². The largest absolute Gasteiger partial charge is 0.493 e. The zero-order valence-corrected chi connectivity index (χ0v) is 19.2. The quantitative estimate of drug-likeness (QED) is 0.631. The van der Waals surface area contributed by atoms with Gasteiger partial charge in [0.05, 0.1) is 20.1 Å². The predicted molar refractivity (Wildman–Crippen MR) is 121 cm³/mol. The molecule has 0 saturated carbocycles. The molecule has 2 saturated heterocycles. The van der Waals surface area contributed by atoms with Crippen LogP contribution in [0.2, 0.25) is 0 Å². The number of methoxy groups -OCH3 is 2. The summed E-state index contributed by atoms with van der Waals surface area (Å²) in [6.45, 7) is 1.08. The van der Waals surface area contributed by atoms with Gasteiger partial charge in [-0.15, -0.1) is 11.8 Å². The van der Waals surface area contributed by atoms with Gasteiger partial charge in [0.2, 0.25) is 11.8 Å². The van der Waals surface area contributed by atoms with E-state index in [1.54, 1.807) is 30.9 Å². The minimum absolute atomic E-state index is 0.0130. The number of amides is 2. The molecule has 2 amide bonds. The zero-order valence-electron chi connectivity index (χ0n) is 16.8. The van der Waals surface area contributed by atoms with Gasteiger partial charge in [-0.2, -0.15) is 0 Å². The van der Waals surface area contributed by atoms with Gasteiger partial charge in [0, 0.05) is 35.4 Å². The molecule has 0 radical (unpaired) electrons. The fourth-order valence-corrected chi connectivity index (χ4v) is 5.62. The van der Waals surface area contributed by atoms with E-state index >= 15 is 0 Å². The summed E-state index contributed by atoms with van der Waals surface area (Å²) in [5, 5.41) is -0.0904. The molecule has 0 aromatic heterocycles. The van der Waals surface area contributed by atoms with E-state index < -0.39 is 0 Å². The summed E-state index contributed by atoms with van der Waals surface area (Å²) in [6, 6.07) is 13.4. The molecule has 8 heteroatoms. The van der Waals surface area contributed by atoms with Gasteiger partial charge in [-0.05, 0) is 35.9 Å². The van der Waals surface area contributed by atoms with E-state index in [1.165, 1.54) is 0 Å². The van der Waals surface area contributed by atoms with Crippen molar-refractivity contribution in [3.05, 3.63) is 52.5 Å². The first-order valence-electron chi connectivity index (χ1n) is 9.71. The van der Waals surface area contributed by atoms with Crippen molar-refractivity contribution in [3.8, 4) is 11.5 Å². The third kappa shape index (κ3) is 4.03. The number of hydrogen-bond donors (Lipinski definition) is 0. The van der Waals surface area contributed by atoms with E-state index in [4.69, 9.17) is 9.47 Å². The summed E-state index contributed by atoms with van der Waals surface area (Å²) in [4.78, 5) is 29.6. The van der Waals surface area contributed by atoms with Crippen molar-refractivity contribution in [2.24, 2.45) is 5.92 Å². The number of ether oxygens (including phenoxy) is 2. The lowest BCUT2D eigenvalue weighted by Gasteiger charge is -2.27. The van der Waals surface area contributed by atoms with E-state index in [-0.39, 0.29) is 29.5 Å². The molecule has 2 aromatic carbocycles. The zero-order chi connectivity index (χ0) is 21.3. The van der Waals surface area contributed by atoms with Crippen molar-refractivity contribution in [1.82, 2.24) is 4.90 Å². The second-order valence-electron chi connectivity index (χ2n) is 7.25. The van der Waals surface area contributed by atoms with Crippen LogP contribution in [0.3, 0.4) is 0 Å². The summed E-state index contributed by atoms with van der Waals surface area (Å²) in [5.74, 6) is 1.85. The van der Waals surface area contributed by atoms with Crippen LogP contribution in [0.4, 0.5) is 5.69 Å². The Morgan fingerprint density at radius 1 is 1.13 bits per heavy atom. The molecule has 2 aromatic rings. The second-order valence-corrected chi connectivity index (χ2v) is 9.36. The standard InChI is InChI=1S/C22H23BrN2O4S/c1-28-18-7-6-14(10-19(18)29-2)22-24(8-9-30-22)21(27)15-11-20(26)25(13-15)17-5-3-4-16(23)12-17/h3-7,10,12,15,22H,8-9,11,13H2,1-2H3. The monoisotopic (exact) mass is 490 g/mol. The number of hydrogen-bond acceptors (Lipinski definition) is 5. The van der Waals surface area contributed by atoms with Gasteiger partial charge < -0.3 is 19.3 Å². The van der Waals surface area contributed by atoms with Crippen LogP contribution in [0.5, 0.6) is 11.5 Å². The Bertz CT molecular complexity index is 970. The first-order chi connectivity index (χ1) is 14.5. The Labute approximate surface area is 188 Å². The molecule has 2 aliphatic rings. The van der Waals surface area contributed by atoms with Gasteiger partial charge in [-0.25, -0.2) is 0 Å². The van der Waals surface area contributed by atoms with E-state index in [2.05, 4.69) is 15.9 Å². The second kappa shape index (κ2) is 8.89. The molecule has 2 fully saturated rings. The van der Waals surface area contributed by atoms with Gasteiger partial charge in [-0.1, -0.05) is 28.1 Å². The van der Waals surface area contributed by atoms with Crippen molar-refractivity contribution in [1.29, 1.82) is 0 Å². The molecule has 4 rings (SSSR count). The minimum atomic E-state index is -0.335. The maximum Gasteiger partial charge on any atom is 0.229 e. The summed E-state index contributed by atoms with van der Waals surface area (Å²) < 4.78 is 11.7. The summed E-state index contributed by atoms with van der Waals surface area (Å²) >= 11 is 5.17. The topological polar surface area (TPSA) is 59.1 Å². The van der Waals surface area contributed by atoms with Gasteiger partial charge in [0.15, 0.2) is 11.5 Å². The Balaban J connectivity index is 1.52. The molecular formula is C22H23BrN2O4S. The molecule has 0 bridgehead atoms. The Morgan fingerprint density at radius 3 is 2.67 bits per heavy atom. The lowest BCUT2D eigenvalue weighted by atomic mass is 10.1. The third-order valence-corrected chi connectivity index (χ3v) is 7.21. The molecule has 2 aliphatic heterocycles. The molecule has 0 aliphatic carbocycles. The molecule has 6 nitrogen and oxygen atoms in total. The van der Waals surface area contributed by atoms with Crippen molar-refractivity contribution in [3.63, 3.8) is 0 Å². The normalized spacial score (nSPS) is 21.2. The number of rotatable bonds is 5. The van der Waals surface area contributed by atoms with Gasteiger partial charge in [0.25, 0.3) is 0 Å². The molecular weight excluding hydrogens is 468 g/mol. The Kier molecular flexibility index (Phi) is 6.24. The highest BCUT2D eigenvalue weighted by molar-refractivity contribution is 9.10. The summed E-state index contributed by atoms with van der Waals surface area (Å²) in [6.07, 6.45) is 0.241. The van der Waals surface area contributed by atoms with E-state index in [0.29, 0.717) is 24.6 Å². The number of anilines is 1. The molecule has 2 heterocycles. The van der Waals surface area contributed by atoms with Gasteiger partial charge in [0.1, 0.15) is 5.37 Å². The van der Waals surface area contributed by atoms with Crippen molar-refractivity contribution >= 4 is 45.2 Å². The first-order valence-corrected chi connectivity index (χ1v) is 11.6. The predicted octanol–water partition coefficient (Wildman–Crippen LogP) is 4.09. The van der Waals surface area contributed by atoms with Crippen molar-refractivity contribution < 1.29 is 19.1 Å². The van der Waals surface area contributed by atoms with Crippen LogP contribution >= 0.6 is 27.7 Å². The molecule has 0 spiro atoms. The highest BCUT2D eigenvalue weighted by Crippen LogP contribution is 2.42. The van der Waals surface area contributed by atoms with E-state index in [9.17, 15) is 9.59 Å². The summed E-state index contributed by atoms with van der Waals surface area (Å²) in [5.41, 5.74) is 1.81. The Hall–Kier alpha value is -2.19. The highest BCUT2D eigenvalue weighted by Gasteiger charge is 2.41. The fourth-order valence-electron chi connectivity index (χ4n) is 3.98. The number of thioether (sulfide) groups is 1.